The summed E-state index contributed by atoms with van der Waals surface area (Å²) >= 11 is 6.16. The molecule has 4 rings (SSSR count). The molecule has 196 valence electrons. The van der Waals surface area contributed by atoms with Gasteiger partial charge in [0.25, 0.3) is 0 Å². The molecule has 36 heavy (non-hydrogen) atoms. The summed E-state index contributed by atoms with van der Waals surface area (Å²) in [7, 11) is -3.92. The Labute approximate surface area is 210 Å². The lowest BCUT2D eigenvalue weighted by Gasteiger charge is -2.38. The number of rotatable bonds is 6. The zero-order valence-corrected chi connectivity index (χ0v) is 20.6. The van der Waals surface area contributed by atoms with E-state index in [-0.39, 0.29) is 16.0 Å². The van der Waals surface area contributed by atoms with Gasteiger partial charge in [-0.2, -0.15) is 18.2 Å². The predicted molar refractivity (Wildman–Crippen MR) is 124 cm³/mol. The largest absolute Gasteiger partial charge is 0.478 e. The van der Waals surface area contributed by atoms with E-state index in [9.17, 15) is 31.5 Å². The summed E-state index contributed by atoms with van der Waals surface area (Å²) in [5.41, 5.74) is -0.365. The van der Waals surface area contributed by atoms with Crippen molar-refractivity contribution >= 4 is 33.2 Å². The first kappa shape index (κ1) is 26.6. The molecular formula is C22H24ClF3N4O5S. The van der Waals surface area contributed by atoms with Crippen molar-refractivity contribution in [1.29, 1.82) is 0 Å². The molecule has 1 aromatic heterocycles. The Morgan fingerprint density at radius 3 is 2.50 bits per heavy atom. The van der Waals surface area contributed by atoms with Gasteiger partial charge in [0, 0.05) is 25.3 Å². The fourth-order valence-corrected chi connectivity index (χ4v) is 6.77. The van der Waals surface area contributed by atoms with E-state index in [1.165, 1.54) is 17.2 Å². The number of sulfone groups is 1. The van der Waals surface area contributed by atoms with Gasteiger partial charge in [0.1, 0.15) is 12.0 Å². The number of piperidine rings is 1. The van der Waals surface area contributed by atoms with Crippen molar-refractivity contribution in [1.82, 2.24) is 15.4 Å². The number of alkyl halides is 3. The number of anilines is 1. The third kappa shape index (κ3) is 5.59. The van der Waals surface area contributed by atoms with Crippen LogP contribution in [0.1, 0.15) is 24.0 Å². The van der Waals surface area contributed by atoms with E-state index in [1.807, 2.05) is 4.90 Å². The zero-order chi connectivity index (χ0) is 26.3. The number of carboxylic acids is 1. The van der Waals surface area contributed by atoms with Crippen LogP contribution in [-0.4, -0.2) is 66.8 Å². The molecular weight excluding hydrogens is 525 g/mol. The molecule has 3 heterocycles. The lowest BCUT2D eigenvalue weighted by Crippen LogP contribution is -2.50. The number of aliphatic carboxylic acids is 1. The third-order valence-electron chi connectivity index (χ3n) is 6.18. The number of hydrogen-bond donors (Lipinski definition) is 2. The molecule has 2 saturated heterocycles. The third-order valence-corrected chi connectivity index (χ3v) is 8.52. The molecule has 2 aliphatic rings. The molecule has 0 saturated carbocycles. The van der Waals surface area contributed by atoms with Crippen LogP contribution in [0.25, 0.3) is 0 Å². The minimum absolute atomic E-state index is 0.0182. The molecule has 0 radical (unpaired) electrons. The molecule has 2 aliphatic heterocycles. The number of aryl methyl sites for hydroxylation is 1. The Morgan fingerprint density at radius 2 is 1.94 bits per heavy atom. The Bertz CT molecular complexity index is 1200. The molecule has 2 N–H and O–H groups in total. The summed E-state index contributed by atoms with van der Waals surface area (Å²) in [5, 5.41) is 13.6. The van der Waals surface area contributed by atoms with Crippen molar-refractivity contribution in [3.05, 3.63) is 52.7 Å². The monoisotopic (exact) mass is 548 g/mol. The average molecular weight is 549 g/mol. The minimum Gasteiger partial charge on any atom is -0.478 e. The standard InChI is InChI=1S/C22H24ClF3N4O5S/c1-13-3-2-4-16(23)19(13)36(33,34)12-18-28-20(21(31)32)35-30(18)15-7-9-29(10-8-15)17-6-5-14(11-27-17)22(24,25)26/h2-6,11,15,18,20,28H,7-10,12H2,1H3,(H,31,32). The highest BCUT2D eigenvalue weighted by Crippen LogP contribution is 2.32. The highest BCUT2D eigenvalue weighted by molar-refractivity contribution is 7.91. The predicted octanol–water partition coefficient (Wildman–Crippen LogP) is 3.08. The Morgan fingerprint density at radius 1 is 1.25 bits per heavy atom. The van der Waals surface area contributed by atoms with Crippen LogP contribution < -0.4 is 10.2 Å². The number of hydrogen-bond acceptors (Lipinski definition) is 8. The van der Waals surface area contributed by atoms with Crippen molar-refractivity contribution in [2.24, 2.45) is 0 Å². The first-order valence-corrected chi connectivity index (χ1v) is 13.1. The van der Waals surface area contributed by atoms with Crippen LogP contribution in [0.3, 0.4) is 0 Å². The number of nitrogens with one attached hydrogen (secondary N) is 1. The van der Waals surface area contributed by atoms with Gasteiger partial charge in [-0.15, -0.1) is 0 Å². The quantitative estimate of drug-likeness (QED) is 0.562. The van der Waals surface area contributed by atoms with Gasteiger partial charge in [0.15, 0.2) is 9.84 Å². The first-order chi connectivity index (χ1) is 16.9. The number of aromatic nitrogens is 1. The second kappa shape index (κ2) is 10.1. The summed E-state index contributed by atoms with van der Waals surface area (Å²) in [6.07, 6.45) is -5.18. The first-order valence-electron chi connectivity index (χ1n) is 11.1. The summed E-state index contributed by atoms with van der Waals surface area (Å²) in [6.45, 7) is 2.44. The maximum atomic E-state index is 13.2. The molecule has 0 spiro atoms. The molecule has 0 bridgehead atoms. The number of nitrogens with zero attached hydrogens (tertiary/aromatic N) is 3. The SMILES string of the molecule is Cc1cccc(Cl)c1S(=O)(=O)CC1NC(C(=O)O)ON1C1CCN(c2ccc(C(F)(F)F)cn2)CC1. The van der Waals surface area contributed by atoms with Crippen LogP contribution in [0.4, 0.5) is 19.0 Å². The molecule has 2 fully saturated rings. The van der Waals surface area contributed by atoms with Gasteiger partial charge < -0.3 is 10.0 Å². The number of carboxylic acid groups (broad SMARTS) is 1. The normalized spacial score (nSPS) is 22.2. The van der Waals surface area contributed by atoms with E-state index >= 15 is 0 Å². The van der Waals surface area contributed by atoms with Crippen molar-refractivity contribution < 1.29 is 36.3 Å². The van der Waals surface area contributed by atoms with Gasteiger partial charge in [-0.3, -0.25) is 10.2 Å². The van der Waals surface area contributed by atoms with Gasteiger partial charge in [-0.05, 0) is 43.5 Å². The second-order valence-corrected chi connectivity index (χ2v) is 11.0. The fraction of sp³-hybridized carbons (Fsp3) is 0.455. The molecule has 0 aliphatic carbocycles. The lowest BCUT2D eigenvalue weighted by molar-refractivity contribution is -0.201. The van der Waals surface area contributed by atoms with Crippen LogP contribution in [0.15, 0.2) is 41.4 Å². The van der Waals surface area contributed by atoms with E-state index in [0.29, 0.717) is 37.3 Å². The van der Waals surface area contributed by atoms with E-state index in [4.69, 9.17) is 16.4 Å². The van der Waals surface area contributed by atoms with Crippen molar-refractivity contribution in [2.45, 2.75) is 49.3 Å². The van der Waals surface area contributed by atoms with Crippen molar-refractivity contribution in [2.75, 3.05) is 23.7 Å². The molecule has 1 aromatic carbocycles. The highest BCUT2D eigenvalue weighted by Gasteiger charge is 2.44. The average Bonchev–Trinajstić information content (AvgIpc) is 3.22. The summed E-state index contributed by atoms with van der Waals surface area (Å²) in [5.74, 6) is -1.37. The molecule has 14 heteroatoms. The van der Waals surface area contributed by atoms with Gasteiger partial charge in [0.2, 0.25) is 6.23 Å². The molecule has 2 unspecified atom stereocenters. The van der Waals surface area contributed by atoms with E-state index in [2.05, 4.69) is 10.3 Å². The molecule has 2 aromatic rings. The van der Waals surface area contributed by atoms with Gasteiger partial charge in [-0.1, -0.05) is 23.7 Å². The van der Waals surface area contributed by atoms with Crippen LogP contribution in [0.5, 0.6) is 0 Å². The van der Waals surface area contributed by atoms with Gasteiger partial charge in [-0.25, -0.2) is 18.2 Å². The molecule has 2 atom stereocenters. The number of halogens is 4. The number of benzene rings is 1. The van der Waals surface area contributed by atoms with Crippen molar-refractivity contribution in [3.8, 4) is 0 Å². The summed E-state index contributed by atoms with van der Waals surface area (Å²) < 4.78 is 64.9. The second-order valence-electron chi connectivity index (χ2n) is 8.65. The van der Waals surface area contributed by atoms with Crippen LogP contribution in [0.2, 0.25) is 5.02 Å². The van der Waals surface area contributed by atoms with E-state index in [1.54, 1.807) is 19.1 Å². The highest BCUT2D eigenvalue weighted by atomic mass is 35.5. The fourth-order valence-electron chi connectivity index (χ4n) is 4.44. The maximum absolute atomic E-state index is 13.2. The van der Waals surface area contributed by atoms with E-state index in [0.717, 1.165) is 12.3 Å². The smallest absolute Gasteiger partial charge is 0.417 e. The molecule has 0 amide bonds. The van der Waals surface area contributed by atoms with Crippen molar-refractivity contribution in [3.63, 3.8) is 0 Å². The maximum Gasteiger partial charge on any atom is 0.417 e. The van der Waals surface area contributed by atoms with Crippen LogP contribution >= 0.6 is 11.6 Å². The number of pyridine rings is 1. The lowest BCUT2D eigenvalue weighted by atomic mass is 10.0. The summed E-state index contributed by atoms with van der Waals surface area (Å²) in [6, 6.07) is 6.68. The van der Waals surface area contributed by atoms with Crippen LogP contribution in [-0.2, 0) is 25.6 Å². The Hall–Kier alpha value is -2.45. The van der Waals surface area contributed by atoms with Crippen LogP contribution in [0, 0.1) is 6.92 Å². The van der Waals surface area contributed by atoms with Gasteiger partial charge in [0.05, 0.1) is 21.2 Å². The Balaban J connectivity index is 1.48. The minimum atomic E-state index is -4.48. The number of carbonyl (C=O) groups is 1. The zero-order valence-electron chi connectivity index (χ0n) is 19.1. The topological polar surface area (TPSA) is 112 Å². The van der Waals surface area contributed by atoms with Gasteiger partial charge >= 0.3 is 12.1 Å². The van der Waals surface area contributed by atoms with E-state index < -0.39 is 45.7 Å². The molecule has 9 nitrogen and oxygen atoms in total. The Kier molecular flexibility index (Phi) is 7.49. The summed E-state index contributed by atoms with van der Waals surface area (Å²) in [4.78, 5) is 22.9. The number of hydroxylamine groups is 2.